The third-order valence-electron chi connectivity index (χ3n) is 4.34. The van der Waals surface area contributed by atoms with Crippen LogP contribution in [0.25, 0.3) is 0 Å². The first-order valence-corrected chi connectivity index (χ1v) is 8.96. The molecule has 3 rings (SSSR count). The van der Waals surface area contributed by atoms with Crippen LogP contribution in [0.1, 0.15) is 54.7 Å². The summed E-state index contributed by atoms with van der Waals surface area (Å²) in [6.07, 6.45) is 2.37. The molecule has 0 N–H and O–H groups in total. The lowest BCUT2D eigenvalue weighted by Crippen LogP contribution is -2.27. The molecular weight excluding hydrogens is 340 g/mol. The summed E-state index contributed by atoms with van der Waals surface area (Å²) in [6.45, 7) is 6.29. The van der Waals surface area contributed by atoms with Crippen LogP contribution in [0.4, 0.5) is 5.69 Å². The molecule has 1 aliphatic rings. The number of halogens is 1. The van der Waals surface area contributed by atoms with E-state index in [-0.39, 0.29) is 11.8 Å². The Labute approximate surface area is 152 Å². The van der Waals surface area contributed by atoms with Crippen LogP contribution in [-0.4, -0.2) is 41.1 Å². The summed E-state index contributed by atoms with van der Waals surface area (Å²) < 4.78 is 5.18. The van der Waals surface area contributed by atoms with Crippen LogP contribution < -0.4 is 4.90 Å². The van der Waals surface area contributed by atoms with E-state index in [0.717, 1.165) is 18.8 Å². The minimum absolute atomic E-state index is 0.120. The molecule has 1 aromatic heterocycles. The van der Waals surface area contributed by atoms with Crippen LogP contribution in [0.5, 0.6) is 0 Å². The highest BCUT2D eigenvalue weighted by Gasteiger charge is 2.19. The van der Waals surface area contributed by atoms with Gasteiger partial charge in [0.1, 0.15) is 0 Å². The van der Waals surface area contributed by atoms with Gasteiger partial charge in [-0.3, -0.25) is 4.79 Å². The van der Waals surface area contributed by atoms with Crippen molar-refractivity contribution in [3.05, 3.63) is 40.5 Å². The topological polar surface area (TPSA) is 62.5 Å². The van der Waals surface area contributed by atoms with Gasteiger partial charge in [0, 0.05) is 31.6 Å². The van der Waals surface area contributed by atoms with Crippen LogP contribution in [0.2, 0.25) is 5.02 Å². The summed E-state index contributed by atoms with van der Waals surface area (Å²) >= 11 is 6.40. The second-order valence-corrected chi connectivity index (χ2v) is 7.13. The molecule has 0 spiro atoms. The lowest BCUT2D eigenvalue weighted by atomic mass is 10.1. The molecule has 1 amide bonds. The first-order valence-electron chi connectivity index (χ1n) is 8.58. The summed E-state index contributed by atoms with van der Waals surface area (Å²) in [4.78, 5) is 20.8. The molecule has 1 aromatic carbocycles. The van der Waals surface area contributed by atoms with Crippen LogP contribution in [-0.2, 0) is 6.54 Å². The Bertz CT molecular complexity index is 753. The smallest absolute Gasteiger partial charge is 0.254 e. The van der Waals surface area contributed by atoms with E-state index in [1.54, 1.807) is 18.0 Å². The molecule has 1 saturated heterocycles. The van der Waals surface area contributed by atoms with E-state index < -0.39 is 0 Å². The van der Waals surface area contributed by atoms with E-state index in [4.69, 9.17) is 16.1 Å². The summed E-state index contributed by atoms with van der Waals surface area (Å²) in [7, 11) is 1.72. The minimum Gasteiger partial charge on any atom is -0.370 e. The van der Waals surface area contributed by atoms with Gasteiger partial charge in [-0.15, -0.1) is 0 Å². The molecule has 1 aliphatic heterocycles. The third-order valence-corrected chi connectivity index (χ3v) is 4.65. The highest BCUT2D eigenvalue weighted by Crippen LogP contribution is 2.30. The number of hydrogen-bond donors (Lipinski definition) is 0. The maximum Gasteiger partial charge on any atom is 0.254 e. The van der Waals surface area contributed by atoms with Crippen molar-refractivity contribution in [2.75, 3.05) is 25.0 Å². The van der Waals surface area contributed by atoms with Crippen molar-refractivity contribution < 1.29 is 9.32 Å². The fourth-order valence-electron chi connectivity index (χ4n) is 2.92. The quantitative estimate of drug-likeness (QED) is 0.811. The van der Waals surface area contributed by atoms with E-state index >= 15 is 0 Å². The van der Waals surface area contributed by atoms with Gasteiger partial charge in [-0.05, 0) is 31.0 Å². The van der Waals surface area contributed by atoms with Crippen molar-refractivity contribution in [2.45, 2.75) is 39.2 Å². The van der Waals surface area contributed by atoms with Crippen molar-refractivity contribution in [1.29, 1.82) is 0 Å². The number of aromatic nitrogens is 2. The van der Waals surface area contributed by atoms with Gasteiger partial charge in [-0.2, -0.15) is 4.98 Å². The average molecular weight is 363 g/mol. The highest BCUT2D eigenvalue weighted by molar-refractivity contribution is 6.33. The monoisotopic (exact) mass is 362 g/mol. The van der Waals surface area contributed by atoms with Gasteiger partial charge >= 0.3 is 0 Å². The zero-order chi connectivity index (χ0) is 18.0. The molecule has 2 aromatic rings. The normalized spacial score (nSPS) is 14.4. The number of carbonyl (C=O) groups is 1. The van der Waals surface area contributed by atoms with Crippen LogP contribution in [0.15, 0.2) is 22.7 Å². The molecule has 6 nitrogen and oxygen atoms in total. The van der Waals surface area contributed by atoms with Gasteiger partial charge in [-0.1, -0.05) is 30.6 Å². The second kappa shape index (κ2) is 7.44. The molecule has 7 heteroatoms. The van der Waals surface area contributed by atoms with Gasteiger partial charge in [0.25, 0.3) is 5.91 Å². The number of hydrogen-bond acceptors (Lipinski definition) is 5. The lowest BCUT2D eigenvalue weighted by Gasteiger charge is -2.20. The number of benzene rings is 1. The molecule has 25 heavy (non-hydrogen) atoms. The lowest BCUT2D eigenvalue weighted by molar-refractivity contribution is 0.0780. The van der Waals surface area contributed by atoms with Crippen molar-refractivity contribution in [2.24, 2.45) is 0 Å². The number of rotatable bonds is 5. The van der Waals surface area contributed by atoms with Gasteiger partial charge in [0.2, 0.25) is 5.89 Å². The molecule has 0 saturated carbocycles. The van der Waals surface area contributed by atoms with E-state index in [9.17, 15) is 4.79 Å². The Balaban J connectivity index is 1.69. The molecule has 0 unspecified atom stereocenters. The maximum absolute atomic E-state index is 12.6. The van der Waals surface area contributed by atoms with Gasteiger partial charge in [0.05, 0.1) is 17.3 Å². The van der Waals surface area contributed by atoms with Crippen LogP contribution >= 0.6 is 11.6 Å². The average Bonchev–Trinajstić information content (AvgIpc) is 3.25. The Morgan fingerprint density at radius 1 is 1.36 bits per heavy atom. The predicted molar refractivity (Wildman–Crippen MR) is 97.1 cm³/mol. The molecule has 0 bridgehead atoms. The second-order valence-electron chi connectivity index (χ2n) is 6.73. The van der Waals surface area contributed by atoms with Gasteiger partial charge < -0.3 is 14.3 Å². The maximum atomic E-state index is 12.6. The van der Waals surface area contributed by atoms with Crippen molar-refractivity contribution in [3.63, 3.8) is 0 Å². The largest absolute Gasteiger partial charge is 0.370 e. The fraction of sp³-hybridized carbons (Fsp3) is 0.500. The molecular formula is C18H23ClN4O2. The zero-order valence-electron chi connectivity index (χ0n) is 14.8. The van der Waals surface area contributed by atoms with E-state index in [1.165, 1.54) is 12.8 Å². The predicted octanol–water partition coefficient (Wildman–Crippen LogP) is 3.72. The number of amides is 1. The summed E-state index contributed by atoms with van der Waals surface area (Å²) in [5, 5.41) is 4.54. The molecule has 1 fully saturated rings. The molecule has 0 aliphatic carbocycles. The first-order chi connectivity index (χ1) is 12.0. The number of carbonyl (C=O) groups excluding carboxylic acids is 1. The molecule has 0 radical (unpaired) electrons. The Morgan fingerprint density at radius 2 is 2.08 bits per heavy atom. The van der Waals surface area contributed by atoms with Crippen molar-refractivity contribution in [3.8, 4) is 0 Å². The van der Waals surface area contributed by atoms with Gasteiger partial charge in [0.15, 0.2) is 5.82 Å². The minimum atomic E-state index is -0.120. The zero-order valence-corrected chi connectivity index (χ0v) is 15.6. The standard InChI is InChI=1S/C18H23ClN4O2/c1-12(2)17-20-16(21-25-17)11-22(3)18(24)13-6-7-15(14(19)10-13)23-8-4-5-9-23/h6-7,10,12H,4-5,8-9,11H2,1-3H3. The first kappa shape index (κ1) is 17.7. The molecule has 2 heterocycles. The SMILES string of the molecule is CC(C)c1nc(CN(C)C(=O)c2ccc(N3CCCC3)c(Cl)c2)no1. The summed E-state index contributed by atoms with van der Waals surface area (Å²) in [5.41, 5.74) is 1.56. The Morgan fingerprint density at radius 3 is 2.68 bits per heavy atom. The van der Waals surface area contributed by atoms with Crippen molar-refractivity contribution in [1.82, 2.24) is 15.0 Å². The van der Waals surface area contributed by atoms with E-state index in [0.29, 0.717) is 28.8 Å². The van der Waals surface area contributed by atoms with E-state index in [1.807, 2.05) is 26.0 Å². The van der Waals surface area contributed by atoms with Gasteiger partial charge in [-0.25, -0.2) is 0 Å². The summed E-state index contributed by atoms with van der Waals surface area (Å²) in [5.74, 6) is 1.12. The Kier molecular flexibility index (Phi) is 5.27. The van der Waals surface area contributed by atoms with Crippen LogP contribution in [0.3, 0.4) is 0 Å². The van der Waals surface area contributed by atoms with E-state index in [2.05, 4.69) is 15.0 Å². The number of anilines is 1. The molecule has 134 valence electrons. The van der Waals surface area contributed by atoms with Crippen LogP contribution in [0, 0.1) is 0 Å². The highest BCUT2D eigenvalue weighted by atomic mass is 35.5. The fourth-order valence-corrected chi connectivity index (χ4v) is 3.23. The molecule has 0 atom stereocenters. The Hall–Kier alpha value is -2.08. The van der Waals surface area contributed by atoms with Crippen molar-refractivity contribution >= 4 is 23.2 Å². The number of nitrogens with zero attached hydrogens (tertiary/aromatic N) is 4. The third kappa shape index (κ3) is 3.95. The summed E-state index contributed by atoms with van der Waals surface area (Å²) in [6, 6.07) is 5.50.